The second-order valence-electron chi connectivity index (χ2n) is 3.60. The summed E-state index contributed by atoms with van der Waals surface area (Å²) in [4.78, 5) is 0.300. The molecule has 0 aliphatic rings. The smallest absolute Gasteiger partial charge is 0.178 e. The lowest BCUT2D eigenvalue weighted by Gasteiger charge is -2.09. The lowest BCUT2D eigenvalue weighted by molar-refractivity contribution is 0.595. The first-order valence-electron chi connectivity index (χ1n) is 5.37. The van der Waals surface area contributed by atoms with Crippen LogP contribution in [0.2, 0.25) is 0 Å². The van der Waals surface area contributed by atoms with Crippen molar-refractivity contribution in [3.8, 4) is 0 Å². The first-order chi connectivity index (χ1) is 7.51. The zero-order valence-corrected chi connectivity index (χ0v) is 10.5. The fourth-order valence-electron chi connectivity index (χ4n) is 1.47. The zero-order valence-electron chi connectivity index (χ0n) is 9.66. The summed E-state index contributed by atoms with van der Waals surface area (Å²) in [7, 11) is -3.17. The van der Waals surface area contributed by atoms with Gasteiger partial charge in [0, 0.05) is 6.54 Å². The van der Waals surface area contributed by atoms with Crippen LogP contribution < -0.4 is 11.1 Å². The van der Waals surface area contributed by atoms with Crippen molar-refractivity contribution in [3.05, 3.63) is 18.2 Å². The van der Waals surface area contributed by atoms with Crippen LogP contribution in [0.25, 0.3) is 0 Å². The molecule has 0 radical (unpaired) electrons. The van der Waals surface area contributed by atoms with Gasteiger partial charge in [-0.25, -0.2) is 8.42 Å². The van der Waals surface area contributed by atoms with Crippen molar-refractivity contribution in [2.45, 2.75) is 25.2 Å². The van der Waals surface area contributed by atoms with E-state index in [0.717, 1.165) is 12.2 Å². The number of hydrogen-bond donors (Lipinski definition) is 2. The van der Waals surface area contributed by atoms with Crippen molar-refractivity contribution in [1.82, 2.24) is 0 Å². The number of benzene rings is 1. The van der Waals surface area contributed by atoms with Gasteiger partial charge in [0.2, 0.25) is 0 Å². The van der Waals surface area contributed by atoms with Crippen molar-refractivity contribution < 1.29 is 8.42 Å². The van der Waals surface area contributed by atoms with E-state index in [1.807, 2.05) is 13.8 Å². The van der Waals surface area contributed by atoms with Gasteiger partial charge in [0.1, 0.15) is 0 Å². The SMILES string of the molecule is CCCS(=O)(=O)c1ccc(NCC)c(N)c1. The van der Waals surface area contributed by atoms with E-state index >= 15 is 0 Å². The van der Waals surface area contributed by atoms with E-state index < -0.39 is 9.84 Å². The Balaban J connectivity index is 3.06. The van der Waals surface area contributed by atoms with Gasteiger partial charge in [-0.05, 0) is 31.5 Å². The highest BCUT2D eigenvalue weighted by molar-refractivity contribution is 7.91. The Morgan fingerprint density at radius 2 is 2.00 bits per heavy atom. The van der Waals surface area contributed by atoms with Crippen molar-refractivity contribution in [3.63, 3.8) is 0 Å². The number of nitrogens with one attached hydrogen (secondary N) is 1. The van der Waals surface area contributed by atoms with Crippen LogP contribution >= 0.6 is 0 Å². The van der Waals surface area contributed by atoms with Crippen LogP contribution in [-0.4, -0.2) is 20.7 Å². The Morgan fingerprint density at radius 1 is 1.31 bits per heavy atom. The first kappa shape index (κ1) is 12.8. The fourth-order valence-corrected chi connectivity index (χ4v) is 2.83. The second-order valence-corrected chi connectivity index (χ2v) is 5.71. The van der Waals surface area contributed by atoms with Crippen LogP contribution in [0.1, 0.15) is 20.3 Å². The maximum atomic E-state index is 11.8. The van der Waals surface area contributed by atoms with Crippen LogP contribution in [0.4, 0.5) is 11.4 Å². The van der Waals surface area contributed by atoms with E-state index in [-0.39, 0.29) is 5.75 Å². The highest BCUT2D eigenvalue weighted by Crippen LogP contribution is 2.23. The summed E-state index contributed by atoms with van der Waals surface area (Å²) in [5.74, 6) is 0.160. The summed E-state index contributed by atoms with van der Waals surface area (Å²) >= 11 is 0. The summed E-state index contributed by atoms with van der Waals surface area (Å²) in [5, 5.41) is 3.07. The molecule has 4 nitrogen and oxygen atoms in total. The van der Waals surface area contributed by atoms with Gasteiger partial charge in [0.05, 0.1) is 22.0 Å². The van der Waals surface area contributed by atoms with Crippen LogP contribution in [0.5, 0.6) is 0 Å². The predicted octanol–water partition coefficient (Wildman–Crippen LogP) is 1.88. The Morgan fingerprint density at radius 3 is 2.50 bits per heavy atom. The molecule has 0 unspecified atom stereocenters. The van der Waals surface area contributed by atoms with E-state index in [0.29, 0.717) is 17.0 Å². The molecule has 90 valence electrons. The summed E-state index contributed by atoms with van der Waals surface area (Å²) in [6.07, 6.45) is 0.608. The molecule has 1 aromatic rings. The van der Waals surface area contributed by atoms with Gasteiger partial charge >= 0.3 is 0 Å². The quantitative estimate of drug-likeness (QED) is 0.773. The van der Waals surface area contributed by atoms with Crippen LogP contribution in [0.15, 0.2) is 23.1 Å². The van der Waals surface area contributed by atoms with Crippen LogP contribution in [-0.2, 0) is 9.84 Å². The molecule has 0 spiro atoms. The Bertz CT molecular complexity index is 455. The number of sulfone groups is 1. The minimum atomic E-state index is -3.17. The summed E-state index contributed by atoms with van der Waals surface area (Å²) in [6, 6.07) is 4.82. The third-order valence-electron chi connectivity index (χ3n) is 2.22. The number of rotatable bonds is 5. The largest absolute Gasteiger partial charge is 0.397 e. The van der Waals surface area contributed by atoms with E-state index in [9.17, 15) is 8.42 Å². The molecule has 0 aliphatic carbocycles. The van der Waals surface area contributed by atoms with Gasteiger partial charge in [-0.2, -0.15) is 0 Å². The number of nitrogens with two attached hydrogens (primary N) is 1. The normalized spacial score (nSPS) is 11.4. The minimum Gasteiger partial charge on any atom is -0.397 e. The summed E-state index contributed by atoms with van der Waals surface area (Å²) in [6.45, 7) is 4.56. The van der Waals surface area contributed by atoms with E-state index in [2.05, 4.69) is 5.32 Å². The maximum absolute atomic E-state index is 11.8. The molecule has 0 bridgehead atoms. The molecular formula is C11H18N2O2S. The van der Waals surface area contributed by atoms with Crippen molar-refractivity contribution in [1.29, 1.82) is 0 Å². The third kappa shape index (κ3) is 2.88. The molecule has 0 atom stereocenters. The number of nitrogen functional groups attached to an aromatic ring is 1. The molecule has 0 saturated carbocycles. The summed E-state index contributed by atoms with van der Waals surface area (Å²) < 4.78 is 23.6. The lowest BCUT2D eigenvalue weighted by atomic mass is 10.2. The first-order valence-corrected chi connectivity index (χ1v) is 7.02. The van der Waals surface area contributed by atoms with Crippen LogP contribution in [0, 0.1) is 0 Å². The maximum Gasteiger partial charge on any atom is 0.178 e. The third-order valence-corrected chi connectivity index (χ3v) is 4.14. The van der Waals surface area contributed by atoms with Gasteiger partial charge in [-0.15, -0.1) is 0 Å². The fraction of sp³-hybridized carbons (Fsp3) is 0.455. The Hall–Kier alpha value is -1.23. The molecule has 0 fully saturated rings. The van der Waals surface area contributed by atoms with Gasteiger partial charge in [0.25, 0.3) is 0 Å². The van der Waals surface area contributed by atoms with E-state index in [1.54, 1.807) is 12.1 Å². The molecule has 0 aromatic heterocycles. The average molecular weight is 242 g/mol. The van der Waals surface area contributed by atoms with Crippen molar-refractivity contribution in [2.24, 2.45) is 0 Å². The van der Waals surface area contributed by atoms with Crippen molar-refractivity contribution in [2.75, 3.05) is 23.3 Å². The minimum absolute atomic E-state index is 0.160. The molecule has 16 heavy (non-hydrogen) atoms. The molecule has 0 saturated heterocycles. The Labute approximate surface area is 96.8 Å². The predicted molar refractivity (Wildman–Crippen MR) is 67.4 cm³/mol. The summed E-state index contributed by atoms with van der Waals surface area (Å²) in [5.41, 5.74) is 7.02. The lowest BCUT2D eigenvalue weighted by Crippen LogP contribution is -2.08. The molecule has 5 heteroatoms. The van der Waals surface area contributed by atoms with Crippen LogP contribution in [0.3, 0.4) is 0 Å². The van der Waals surface area contributed by atoms with Gasteiger partial charge in [-0.1, -0.05) is 6.92 Å². The molecule has 0 amide bonds. The second kappa shape index (κ2) is 5.21. The molecule has 0 aliphatic heterocycles. The molecule has 1 aromatic carbocycles. The molecule has 0 heterocycles. The monoisotopic (exact) mass is 242 g/mol. The Kier molecular flexibility index (Phi) is 4.18. The zero-order chi connectivity index (χ0) is 12.2. The molecule has 3 N–H and O–H groups in total. The van der Waals surface area contributed by atoms with E-state index in [1.165, 1.54) is 6.07 Å². The number of anilines is 2. The van der Waals surface area contributed by atoms with Crippen molar-refractivity contribution >= 4 is 21.2 Å². The standard InChI is InChI=1S/C11H18N2O2S/c1-3-7-16(14,15)9-5-6-11(13-4-2)10(12)8-9/h5-6,8,13H,3-4,7,12H2,1-2H3. The highest BCUT2D eigenvalue weighted by atomic mass is 32.2. The average Bonchev–Trinajstić information content (AvgIpc) is 2.21. The van der Waals surface area contributed by atoms with E-state index in [4.69, 9.17) is 5.73 Å². The molecular weight excluding hydrogens is 224 g/mol. The topological polar surface area (TPSA) is 72.2 Å². The molecule has 1 rings (SSSR count). The highest BCUT2D eigenvalue weighted by Gasteiger charge is 2.14. The van der Waals surface area contributed by atoms with Gasteiger partial charge in [0.15, 0.2) is 9.84 Å². The van der Waals surface area contributed by atoms with Gasteiger partial charge in [-0.3, -0.25) is 0 Å². The number of hydrogen-bond acceptors (Lipinski definition) is 4. The van der Waals surface area contributed by atoms with Gasteiger partial charge < -0.3 is 11.1 Å².